The summed E-state index contributed by atoms with van der Waals surface area (Å²) in [5.74, 6) is 0.640. The molecule has 0 saturated heterocycles. The molecule has 2 unspecified atom stereocenters. The first kappa shape index (κ1) is 20.9. The van der Waals surface area contributed by atoms with Gasteiger partial charge in [0.1, 0.15) is 0 Å². The van der Waals surface area contributed by atoms with Gasteiger partial charge in [-0.3, -0.25) is 4.79 Å². The molecule has 146 valence electrons. The smallest absolute Gasteiger partial charge is 0.243 e. The standard InChI is InChI=1S/C20H32N2O3S/c1-4-22(5-2)26(24,25)18-13-10-17(11-14-18)12-15-20(23)21-19-9-7-6-8-16(19)3/h10-11,13-14,16,19H,4-9,12,15H2,1-3H3,(H,21,23). The van der Waals surface area contributed by atoms with Crippen LogP contribution in [-0.2, 0) is 21.2 Å². The average Bonchev–Trinajstić information content (AvgIpc) is 2.63. The third-order valence-corrected chi connectivity index (χ3v) is 7.43. The number of carbonyl (C=O) groups is 1. The average molecular weight is 381 g/mol. The fourth-order valence-electron chi connectivity index (χ4n) is 3.61. The molecule has 0 heterocycles. The maximum Gasteiger partial charge on any atom is 0.243 e. The minimum Gasteiger partial charge on any atom is -0.353 e. The van der Waals surface area contributed by atoms with Gasteiger partial charge in [0.2, 0.25) is 15.9 Å². The summed E-state index contributed by atoms with van der Waals surface area (Å²) in [5, 5.41) is 3.16. The normalized spacial score (nSPS) is 20.9. The minimum atomic E-state index is -3.42. The fraction of sp³-hybridized carbons (Fsp3) is 0.650. The maximum atomic E-state index is 12.5. The van der Waals surface area contributed by atoms with Crippen molar-refractivity contribution in [2.45, 2.75) is 70.2 Å². The lowest BCUT2D eigenvalue weighted by atomic mass is 9.86. The molecule has 0 aromatic heterocycles. The predicted octanol–water partition coefficient (Wildman–Crippen LogP) is 3.34. The first-order chi connectivity index (χ1) is 12.4. The van der Waals surface area contributed by atoms with Crippen LogP contribution in [0, 0.1) is 5.92 Å². The second-order valence-electron chi connectivity index (χ2n) is 7.17. The summed E-state index contributed by atoms with van der Waals surface area (Å²) in [6.07, 6.45) is 5.77. The maximum absolute atomic E-state index is 12.5. The van der Waals surface area contributed by atoms with Gasteiger partial charge >= 0.3 is 0 Å². The van der Waals surface area contributed by atoms with Crippen LogP contribution in [0.25, 0.3) is 0 Å². The molecule has 1 N–H and O–H groups in total. The van der Waals surface area contributed by atoms with Crippen molar-refractivity contribution in [2.75, 3.05) is 13.1 Å². The molecule has 0 spiro atoms. The molecule has 26 heavy (non-hydrogen) atoms. The van der Waals surface area contributed by atoms with Gasteiger partial charge in [0.05, 0.1) is 4.90 Å². The van der Waals surface area contributed by atoms with Crippen LogP contribution in [-0.4, -0.2) is 37.8 Å². The first-order valence-corrected chi connectivity index (χ1v) is 11.2. The predicted molar refractivity (Wildman–Crippen MR) is 104 cm³/mol. The Hall–Kier alpha value is -1.40. The van der Waals surface area contributed by atoms with Gasteiger partial charge in [-0.25, -0.2) is 8.42 Å². The van der Waals surface area contributed by atoms with Gasteiger partial charge in [0, 0.05) is 25.6 Å². The Labute approximate surface area is 158 Å². The van der Waals surface area contributed by atoms with E-state index in [-0.39, 0.29) is 5.91 Å². The fourth-order valence-corrected chi connectivity index (χ4v) is 5.07. The summed E-state index contributed by atoms with van der Waals surface area (Å²) in [5.41, 5.74) is 0.982. The molecule has 1 amide bonds. The molecule has 2 rings (SSSR count). The summed E-state index contributed by atoms with van der Waals surface area (Å²) in [6, 6.07) is 7.21. The van der Waals surface area contributed by atoms with E-state index in [1.807, 2.05) is 26.0 Å². The Morgan fingerprint density at radius 1 is 1.12 bits per heavy atom. The van der Waals surface area contributed by atoms with Crippen LogP contribution in [0.2, 0.25) is 0 Å². The molecule has 1 aromatic carbocycles. The van der Waals surface area contributed by atoms with E-state index < -0.39 is 10.0 Å². The molecule has 1 aliphatic rings. The molecule has 2 atom stereocenters. The SMILES string of the molecule is CCN(CC)S(=O)(=O)c1ccc(CCC(=O)NC2CCCCC2C)cc1. The molecule has 0 radical (unpaired) electrons. The van der Waals surface area contributed by atoms with Crippen LogP contribution in [0.3, 0.4) is 0 Å². The lowest BCUT2D eigenvalue weighted by Crippen LogP contribution is -2.41. The van der Waals surface area contributed by atoms with Crippen molar-refractivity contribution < 1.29 is 13.2 Å². The number of hydrogen-bond acceptors (Lipinski definition) is 3. The van der Waals surface area contributed by atoms with Crippen molar-refractivity contribution in [3.05, 3.63) is 29.8 Å². The van der Waals surface area contributed by atoms with Crippen molar-refractivity contribution in [3.63, 3.8) is 0 Å². The van der Waals surface area contributed by atoms with Crippen molar-refractivity contribution >= 4 is 15.9 Å². The molecule has 1 saturated carbocycles. The summed E-state index contributed by atoms with van der Waals surface area (Å²) >= 11 is 0. The lowest BCUT2D eigenvalue weighted by Gasteiger charge is -2.29. The van der Waals surface area contributed by atoms with E-state index in [2.05, 4.69) is 12.2 Å². The van der Waals surface area contributed by atoms with Crippen molar-refractivity contribution in [3.8, 4) is 0 Å². The van der Waals surface area contributed by atoms with E-state index in [0.29, 0.717) is 42.8 Å². The summed E-state index contributed by atoms with van der Waals surface area (Å²) < 4.78 is 26.4. The molecular weight excluding hydrogens is 348 g/mol. The number of amides is 1. The Morgan fingerprint density at radius 3 is 2.31 bits per heavy atom. The number of hydrogen-bond donors (Lipinski definition) is 1. The third kappa shape index (κ3) is 5.30. The number of carbonyl (C=O) groups excluding carboxylic acids is 1. The van der Waals surface area contributed by atoms with E-state index >= 15 is 0 Å². The first-order valence-electron chi connectivity index (χ1n) is 9.77. The topological polar surface area (TPSA) is 66.5 Å². The zero-order valence-corrected chi connectivity index (χ0v) is 17.0. The van der Waals surface area contributed by atoms with Gasteiger partial charge in [0.25, 0.3) is 0 Å². The van der Waals surface area contributed by atoms with Gasteiger partial charge in [-0.2, -0.15) is 4.31 Å². The number of benzene rings is 1. The highest BCUT2D eigenvalue weighted by Crippen LogP contribution is 2.24. The van der Waals surface area contributed by atoms with Crippen molar-refractivity contribution in [1.82, 2.24) is 9.62 Å². The summed E-state index contributed by atoms with van der Waals surface area (Å²) in [6.45, 7) is 6.79. The van der Waals surface area contributed by atoms with Gasteiger partial charge in [0.15, 0.2) is 0 Å². The van der Waals surface area contributed by atoms with Crippen LogP contribution < -0.4 is 5.32 Å². The highest BCUT2D eigenvalue weighted by Gasteiger charge is 2.23. The quantitative estimate of drug-likeness (QED) is 0.752. The van der Waals surface area contributed by atoms with E-state index in [1.165, 1.54) is 23.6 Å². The second kappa shape index (κ2) is 9.51. The van der Waals surface area contributed by atoms with Crippen LogP contribution in [0.4, 0.5) is 0 Å². The summed E-state index contributed by atoms with van der Waals surface area (Å²) in [4.78, 5) is 12.5. The van der Waals surface area contributed by atoms with Gasteiger partial charge in [-0.1, -0.05) is 45.7 Å². The zero-order chi connectivity index (χ0) is 19.2. The Kier molecular flexibility index (Phi) is 7.65. The lowest BCUT2D eigenvalue weighted by molar-refractivity contribution is -0.122. The van der Waals surface area contributed by atoms with E-state index in [4.69, 9.17) is 0 Å². The monoisotopic (exact) mass is 380 g/mol. The molecule has 1 fully saturated rings. The van der Waals surface area contributed by atoms with Crippen LogP contribution >= 0.6 is 0 Å². The van der Waals surface area contributed by atoms with Crippen molar-refractivity contribution in [1.29, 1.82) is 0 Å². The number of aryl methyl sites for hydroxylation is 1. The van der Waals surface area contributed by atoms with Gasteiger partial charge < -0.3 is 5.32 Å². The molecule has 5 nitrogen and oxygen atoms in total. The molecule has 1 aliphatic carbocycles. The van der Waals surface area contributed by atoms with Crippen LogP contribution in [0.1, 0.15) is 58.4 Å². The number of rotatable bonds is 8. The third-order valence-electron chi connectivity index (χ3n) is 5.37. The van der Waals surface area contributed by atoms with Gasteiger partial charge in [-0.05, 0) is 42.9 Å². The Morgan fingerprint density at radius 2 is 1.73 bits per heavy atom. The molecule has 0 aliphatic heterocycles. The number of nitrogens with zero attached hydrogens (tertiary/aromatic N) is 1. The number of nitrogens with one attached hydrogen (secondary N) is 1. The Bertz CT molecular complexity index is 682. The van der Waals surface area contributed by atoms with E-state index in [0.717, 1.165) is 12.0 Å². The molecule has 0 bridgehead atoms. The van der Waals surface area contributed by atoms with Crippen LogP contribution in [0.15, 0.2) is 29.2 Å². The zero-order valence-electron chi connectivity index (χ0n) is 16.2. The van der Waals surface area contributed by atoms with Gasteiger partial charge in [-0.15, -0.1) is 0 Å². The molecule has 1 aromatic rings. The van der Waals surface area contributed by atoms with Crippen LogP contribution in [0.5, 0.6) is 0 Å². The van der Waals surface area contributed by atoms with E-state index in [1.54, 1.807) is 12.1 Å². The summed E-state index contributed by atoms with van der Waals surface area (Å²) in [7, 11) is -3.42. The molecular formula is C20H32N2O3S. The molecule has 6 heteroatoms. The van der Waals surface area contributed by atoms with Crippen molar-refractivity contribution in [2.24, 2.45) is 5.92 Å². The largest absolute Gasteiger partial charge is 0.353 e. The minimum absolute atomic E-state index is 0.0867. The second-order valence-corrected chi connectivity index (χ2v) is 9.11. The van der Waals surface area contributed by atoms with E-state index in [9.17, 15) is 13.2 Å². The number of sulfonamides is 1. The highest BCUT2D eigenvalue weighted by atomic mass is 32.2. The Balaban J connectivity index is 1.90. The highest BCUT2D eigenvalue weighted by molar-refractivity contribution is 7.89.